The van der Waals surface area contributed by atoms with Gasteiger partial charge in [0.05, 0.1) is 11.0 Å². The SMILES string of the molecule is C[C@H](c1ccccc1C(F)(F)F)[C@H](NC(=O)C1(c2ccc(Cl)cc2Cl)CC1)C(=O)N1CCN(C)CC1. The van der Waals surface area contributed by atoms with E-state index >= 15 is 0 Å². The highest BCUT2D eigenvalue weighted by molar-refractivity contribution is 6.35. The lowest BCUT2D eigenvalue weighted by atomic mass is 9.87. The molecule has 0 bridgehead atoms. The van der Waals surface area contributed by atoms with Crippen LogP contribution < -0.4 is 5.32 Å². The number of nitrogens with one attached hydrogen (secondary N) is 1. The second kappa shape index (κ2) is 10.2. The number of carbonyl (C=O) groups excluding carboxylic acids is 2. The maximum Gasteiger partial charge on any atom is 0.416 e. The zero-order valence-corrected chi connectivity index (χ0v) is 21.6. The van der Waals surface area contributed by atoms with Crippen molar-refractivity contribution < 1.29 is 22.8 Å². The number of carbonyl (C=O) groups is 2. The normalized spacial score (nSPS) is 19.5. The number of amides is 2. The molecule has 4 rings (SSSR count). The molecule has 36 heavy (non-hydrogen) atoms. The van der Waals surface area contributed by atoms with Crippen LogP contribution in [-0.4, -0.2) is 60.9 Å². The molecule has 1 aliphatic carbocycles. The summed E-state index contributed by atoms with van der Waals surface area (Å²) in [6.07, 6.45) is -3.56. The van der Waals surface area contributed by atoms with Crippen molar-refractivity contribution in [1.29, 1.82) is 0 Å². The van der Waals surface area contributed by atoms with Crippen LogP contribution in [0.15, 0.2) is 42.5 Å². The molecule has 1 aliphatic heterocycles. The van der Waals surface area contributed by atoms with Crippen molar-refractivity contribution in [3.8, 4) is 0 Å². The summed E-state index contributed by atoms with van der Waals surface area (Å²) in [6, 6.07) is 8.91. The minimum absolute atomic E-state index is 0.0350. The molecular formula is C26H28Cl2F3N3O2. The third-order valence-corrected chi connectivity index (χ3v) is 7.80. The molecule has 2 atom stereocenters. The second-order valence-corrected chi connectivity index (χ2v) is 10.5. The molecule has 10 heteroatoms. The van der Waals surface area contributed by atoms with E-state index in [0.717, 1.165) is 6.07 Å². The van der Waals surface area contributed by atoms with Gasteiger partial charge >= 0.3 is 6.18 Å². The summed E-state index contributed by atoms with van der Waals surface area (Å²) in [5.74, 6) is -1.73. The lowest BCUT2D eigenvalue weighted by Gasteiger charge is -2.37. The van der Waals surface area contributed by atoms with E-state index in [1.807, 2.05) is 7.05 Å². The fraction of sp³-hybridized carbons (Fsp3) is 0.462. The summed E-state index contributed by atoms with van der Waals surface area (Å²) < 4.78 is 41.5. The largest absolute Gasteiger partial charge is 0.416 e. The zero-order valence-electron chi connectivity index (χ0n) is 20.0. The molecule has 2 aliphatic rings. The van der Waals surface area contributed by atoms with Gasteiger partial charge in [0.1, 0.15) is 6.04 Å². The van der Waals surface area contributed by atoms with Gasteiger partial charge in [-0.3, -0.25) is 9.59 Å². The second-order valence-electron chi connectivity index (χ2n) is 9.66. The van der Waals surface area contributed by atoms with Gasteiger partial charge in [0.15, 0.2) is 0 Å². The molecule has 0 spiro atoms. The van der Waals surface area contributed by atoms with E-state index < -0.39 is 35.0 Å². The molecule has 194 valence electrons. The molecule has 1 N–H and O–H groups in total. The van der Waals surface area contributed by atoms with E-state index in [-0.39, 0.29) is 11.5 Å². The fourth-order valence-corrected chi connectivity index (χ4v) is 5.45. The van der Waals surface area contributed by atoms with Crippen molar-refractivity contribution in [2.75, 3.05) is 33.2 Å². The lowest BCUT2D eigenvalue weighted by molar-refractivity contribution is -0.141. The molecule has 1 saturated heterocycles. The number of alkyl halides is 3. The topological polar surface area (TPSA) is 52.7 Å². The Hall–Kier alpha value is -2.29. The first-order valence-corrected chi connectivity index (χ1v) is 12.6. The van der Waals surface area contributed by atoms with Crippen molar-refractivity contribution in [3.05, 3.63) is 69.2 Å². The van der Waals surface area contributed by atoms with E-state index in [1.54, 1.807) is 30.0 Å². The Labute approximate surface area is 218 Å². The van der Waals surface area contributed by atoms with Crippen LogP contribution in [0.4, 0.5) is 13.2 Å². The predicted octanol–water partition coefficient (Wildman–Crippen LogP) is 5.11. The van der Waals surface area contributed by atoms with E-state index in [4.69, 9.17) is 23.2 Å². The highest BCUT2D eigenvalue weighted by atomic mass is 35.5. The average Bonchev–Trinajstić information content (AvgIpc) is 3.63. The first-order chi connectivity index (χ1) is 16.9. The predicted molar refractivity (Wildman–Crippen MR) is 133 cm³/mol. The standard InChI is InChI=1S/C26H28Cl2F3N3O2/c1-16(18-5-3-4-6-19(18)26(29,30)31)22(23(35)34-13-11-33(2)12-14-34)32-24(36)25(9-10-25)20-8-7-17(27)15-21(20)28/h3-8,15-16,22H,9-14H2,1-2H3,(H,32,36)/t16-,22+/m1/s1. The van der Waals surface area contributed by atoms with Crippen molar-refractivity contribution in [2.24, 2.45) is 0 Å². The van der Waals surface area contributed by atoms with Crippen LogP contribution in [0.3, 0.4) is 0 Å². The van der Waals surface area contributed by atoms with Crippen LogP contribution in [-0.2, 0) is 21.2 Å². The highest BCUT2D eigenvalue weighted by Crippen LogP contribution is 2.51. The van der Waals surface area contributed by atoms with Crippen LogP contribution in [0.5, 0.6) is 0 Å². The molecule has 1 heterocycles. The van der Waals surface area contributed by atoms with Crippen LogP contribution in [0.1, 0.15) is 42.4 Å². The minimum Gasteiger partial charge on any atom is -0.343 e. The van der Waals surface area contributed by atoms with Crippen molar-refractivity contribution in [1.82, 2.24) is 15.1 Å². The van der Waals surface area contributed by atoms with E-state index in [9.17, 15) is 22.8 Å². The zero-order chi connectivity index (χ0) is 26.3. The molecule has 1 saturated carbocycles. The molecule has 2 amide bonds. The Kier molecular flexibility index (Phi) is 7.60. The number of benzene rings is 2. The smallest absolute Gasteiger partial charge is 0.343 e. The van der Waals surface area contributed by atoms with E-state index in [1.165, 1.54) is 18.2 Å². The van der Waals surface area contributed by atoms with Crippen LogP contribution in [0.2, 0.25) is 10.0 Å². The number of rotatable bonds is 6. The molecule has 0 aromatic heterocycles. The first kappa shape index (κ1) is 26.8. The summed E-state index contributed by atoms with van der Waals surface area (Å²) in [5, 5.41) is 3.61. The van der Waals surface area contributed by atoms with Crippen molar-refractivity contribution in [3.63, 3.8) is 0 Å². The van der Waals surface area contributed by atoms with Crippen LogP contribution >= 0.6 is 23.2 Å². The number of nitrogens with zero attached hydrogens (tertiary/aromatic N) is 2. The Balaban J connectivity index is 1.67. The Morgan fingerprint density at radius 1 is 1.03 bits per heavy atom. The number of likely N-dealkylation sites (N-methyl/N-ethyl adjacent to an activating group) is 1. The van der Waals surface area contributed by atoms with Gasteiger partial charge in [0, 0.05) is 42.1 Å². The van der Waals surface area contributed by atoms with Gasteiger partial charge in [-0.15, -0.1) is 0 Å². The van der Waals surface area contributed by atoms with Crippen LogP contribution in [0.25, 0.3) is 0 Å². The number of hydrogen-bond donors (Lipinski definition) is 1. The molecule has 2 aromatic carbocycles. The Bertz CT molecular complexity index is 1150. The quantitative estimate of drug-likeness (QED) is 0.553. The molecular weight excluding hydrogens is 514 g/mol. The highest BCUT2D eigenvalue weighted by Gasteiger charge is 2.53. The van der Waals surface area contributed by atoms with E-state index in [2.05, 4.69) is 10.2 Å². The van der Waals surface area contributed by atoms with Gasteiger partial charge < -0.3 is 15.1 Å². The van der Waals surface area contributed by atoms with Gasteiger partial charge in [-0.05, 0) is 49.2 Å². The minimum atomic E-state index is -4.59. The molecule has 2 aromatic rings. The number of hydrogen-bond acceptors (Lipinski definition) is 3. The summed E-state index contributed by atoms with van der Waals surface area (Å²) in [5.41, 5.74) is -1.19. The van der Waals surface area contributed by atoms with E-state index in [0.29, 0.717) is 54.6 Å². The third-order valence-electron chi connectivity index (χ3n) is 7.26. The average molecular weight is 542 g/mol. The van der Waals surface area contributed by atoms with Gasteiger partial charge in [-0.2, -0.15) is 13.2 Å². The van der Waals surface area contributed by atoms with Gasteiger partial charge in [-0.25, -0.2) is 0 Å². The summed E-state index contributed by atoms with van der Waals surface area (Å²) in [7, 11) is 1.94. The summed E-state index contributed by atoms with van der Waals surface area (Å²) in [6.45, 7) is 3.71. The fourth-order valence-electron chi connectivity index (χ4n) is 4.86. The first-order valence-electron chi connectivity index (χ1n) is 11.8. The van der Waals surface area contributed by atoms with Gasteiger partial charge in [-0.1, -0.05) is 54.4 Å². The Morgan fingerprint density at radius 3 is 2.25 bits per heavy atom. The van der Waals surface area contributed by atoms with Crippen molar-refractivity contribution >= 4 is 35.0 Å². The maximum atomic E-state index is 13.8. The van der Waals surface area contributed by atoms with Gasteiger partial charge in [0.25, 0.3) is 0 Å². The molecule has 2 fully saturated rings. The third kappa shape index (κ3) is 5.36. The number of piperazine rings is 1. The van der Waals surface area contributed by atoms with Crippen molar-refractivity contribution in [2.45, 2.75) is 43.3 Å². The maximum absolute atomic E-state index is 13.8. The number of halogens is 5. The summed E-state index contributed by atoms with van der Waals surface area (Å²) >= 11 is 12.4. The van der Waals surface area contributed by atoms with Crippen LogP contribution in [0, 0.1) is 0 Å². The summed E-state index contributed by atoms with van der Waals surface area (Å²) in [4.78, 5) is 31.0. The molecule has 0 radical (unpaired) electrons. The van der Waals surface area contributed by atoms with Gasteiger partial charge in [0.2, 0.25) is 11.8 Å². The molecule has 5 nitrogen and oxygen atoms in total. The monoisotopic (exact) mass is 541 g/mol. The Morgan fingerprint density at radius 2 is 1.67 bits per heavy atom. The molecule has 0 unspecified atom stereocenters. The lowest BCUT2D eigenvalue weighted by Crippen LogP contribution is -2.57.